The largest absolute Gasteiger partial charge is 0.497 e. The van der Waals surface area contributed by atoms with Gasteiger partial charge >= 0.3 is 0 Å². The highest BCUT2D eigenvalue weighted by Gasteiger charge is 2.12. The average molecular weight is 321 g/mol. The minimum Gasteiger partial charge on any atom is -0.497 e. The molecule has 0 unspecified atom stereocenters. The zero-order valence-corrected chi connectivity index (χ0v) is 13.4. The lowest BCUT2D eigenvalue weighted by Gasteiger charge is -2.11. The lowest BCUT2D eigenvalue weighted by atomic mass is 10.2. The SMILES string of the molecule is COc1ccc(OC)c(CNC(=O)c2csc(CCN)n2)c1. The van der Waals surface area contributed by atoms with Gasteiger partial charge in [0.1, 0.15) is 17.2 Å². The summed E-state index contributed by atoms with van der Waals surface area (Å²) in [5.41, 5.74) is 6.73. The van der Waals surface area contributed by atoms with Crippen molar-refractivity contribution >= 4 is 17.2 Å². The number of thiazole rings is 1. The van der Waals surface area contributed by atoms with Crippen LogP contribution in [0.4, 0.5) is 0 Å². The number of hydrogen-bond acceptors (Lipinski definition) is 6. The molecule has 0 fully saturated rings. The number of amides is 1. The van der Waals surface area contributed by atoms with Crippen LogP contribution in [0.5, 0.6) is 11.5 Å². The van der Waals surface area contributed by atoms with Gasteiger partial charge in [-0.3, -0.25) is 4.79 Å². The number of nitrogens with one attached hydrogen (secondary N) is 1. The lowest BCUT2D eigenvalue weighted by Crippen LogP contribution is -2.23. The molecule has 0 spiro atoms. The first-order chi connectivity index (χ1) is 10.7. The van der Waals surface area contributed by atoms with Crippen molar-refractivity contribution in [2.45, 2.75) is 13.0 Å². The quantitative estimate of drug-likeness (QED) is 0.809. The molecule has 0 aliphatic heterocycles. The van der Waals surface area contributed by atoms with E-state index in [1.54, 1.807) is 19.6 Å². The van der Waals surface area contributed by atoms with Gasteiger partial charge < -0.3 is 20.5 Å². The first-order valence-electron chi connectivity index (χ1n) is 6.81. The first-order valence-corrected chi connectivity index (χ1v) is 7.69. The summed E-state index contributed by atoms with van der Waals surface area (Å²) in [5, 5.41) is 5.44. The Balaban J connectivity index is 2.03. The number of aromatic nitrogens is 1. The number of carbonyl (C=O) groups excluding carboxylic acids is 1. The molecule has 0 aliphatic carbocycles. The Hall–Kier alpha value is -2.12. The molecule has 0 saturated carbocycles. The van der Waals surface area contributed by atoms with Crippen molar-refractivity contribution in [2.24, 2.45) is 5.73 Å². The van der Waals surface area contributed by atoms with Crippen LogP contribution in [0, 0.1) is 0 Å². The van der Waals surface area contributed by atoms with Gasteiger partial charge in [0, 0.05) is 23.9 Å². The molecule has 22 heavy (non-hydrogen) atoms. The van der Waals surface area contributed by atoms with E-state index in [0.29, 0.717) is 36.7 Å². The molecule has 0 bridgehead atoms. The number of nitrogens with two attached hydrogens (primary N) is 1. The predicted octanol–water partition coefficient (Wildman–Crippen LogP) is 1.59. The predicted molar refractivity (Wildman–Crippen MR) is 85.6 cm³/mol. The third kappa shape index (κ3) is 3.96. The maximum absolute atomic E-state index is 12.1. The average Bonchev–Trinajstić information content (AvgIpc) is 3.01. The van der Waals surface area contributed by atoms with Crippen LogP contribution in [0.1, 0.15) is 21.1 Å². The number of nitrogens with zero attached hydrogens (tertiary/aromatic N) is 1. The van der Waals surface area contributed by atoms with E-state index >= 15 is 0 Å². The molecular weight excluding hydrogens is 302 g/mol. The van der Waals surface area contributed by atoms with Crippen LogP contribution in [0.15, 0.2) is 23.6 Å². The van der Waals surface area contributed by atoms with Crippen LogP contribution in [0.3, 0.4) is 0 Å². The molecule has 1 heterocycles. The normalized spacial score (nSPS) is 10.3. The van der Waals surface area contributed by atoms with Crippen molar-refractivity contribution in [3.8, 4) is 11.5 Å². The van der Waals surface area contributed by atoms with Crippen molar-refractivity contribution in [3.63, 3.8) is 0 Å². The summed E-state index contributed by atoms with van der Waals surface area (Å²) in [6.45, 7) is 0.860. The summed E-state index contributed by atoms with van der Waals surface area (Å²) < 4.78 is 10.5. The van der Waals surface area contributed by atoms with Gasteiger partial charge in [-0.25, -0.2) is 4.98 Å². The Morgan fingerprint density at radius 2 is 2.18 bits per heavy atom. The molecule has 2 rings (SSSR count). The second-order valence-electron chi connectivity index (χ2n) is 4.53. The van der Waals surface area contributed by atoms with E-state index in [0.717, 1.165) is 10.6 Å². The molecule has 0 atom stereocenters. The van der Waals surface area contributed by atoms with Gasteiger partial charge in [-0.05, 0) is 24.7 Å². The Labute approximate surface area is 133 Å². The summed E-state index contributed by atoms with van der Waals surface area (Å²) in [6, 6.07) is 5.45. The van der Waals surface area contributed by atoms with Gasteiger partial charge in [0.05, 0.1) is 19.2 Å². The van der Waals surface area contributed by atoms with Crippen molar-refractivity contribution < 1.29 is 14.3 Å². The molecule has 1 aromatic heterocycles. The number of methoxy groups -OCH3 is 2. The molecule has 0 aliphatic rings. The van der Waals surface area contributed by atoms with Crippen LogP contribution in [0.2, 0.25) is 0 Å². The highest BCUT2D eigenvalue weighted by molar-refractivity contribution is 7.09. The molecule has 7 heteroatoms. The molecule has 6 nitrogen and oxygen atoms in total. The second kappa shape index (κ2) is 7.77. The van der Waals surface area contributed by atoms with Crippen molar-refractivity contribution in [1.29, 1.82) is 0 Å². The number of benzene rings is 1. The highest BCUT2D eigenvalue weighted by atomic mass is 32.1. The summed E-state index contributed by atoms with van der Waals surface area (Å²) in [4.78, 5) is 16.4. The fourth-order valence-electron chi connectivity index (χ4n) is 1.94. The molecule has 0 saturated heterocycles. The molecule has 2 aromatic rings. The van der Waals surface area contributed by atoms with E-state index in [1.165, 1.54) is 11.3 Å². The molecule has 1 amide bonds. The number of hydrogen-bond donors (Lipinski definition) is 2. The van der Waals surface area contributed by atoms with Crippen molar-refractivity contribution in [3.05, 3.63) is 39.8 Å². The third-order valence-electron chi connectivity index (χ3n) is 3.07. The smallest absolute Gasteiger partial charge is 0.271 e. The fraction of sp³-hybridized carbons (Fsp3) is 0.333. The van der Waals surface area contributed by atoms with Gasteiger partial charge in [-0.2, -0.15) is 0 Å². The fourth-order valence-corrected chi connectivity index (χ4v) is 2.73. The molecular formula is C15H19N3O3S. The Bertz CT molecular complexity index is 643. The first kappa shape index (κ1) is 16.3. The van der Waals surface area contributed by atoms with E-state index in [-0.39, 0.29) is 5.91 Å². The highest BCUT2D eigenvalue weighted by Crippen LogP contribution is 2.23. The monoisotopic (exact) mass is 321 g/mol. The number of carbonyl (C=O) groups is 1. The summed E-state index contributed by atoms with van der Waals surface area (Å²) in [6.07, 6.45) is 0.682. The summed E-state index contributed by atoms with van der Waals surface area (Å²) in [7, 11) is 3.19. The Kier molecular flexibility index (Phi) is 5.74. The Morgan fingerprint density at radius 1 is 1.36 bits per heavy atom. The summed E-state index contributed by atoms with van der Waals surface area (Å²) >= 11 is 1.44. The third-order valence-corrected chi connectivity index (χ3v) is 3.98. The maximum Gasteiger partial charge on any atom is 0.271 e. The molecule has 1 aromatic carbocycles. The van der Waals surface area contributed by atoms with Gasteiger partial charge in [0.2, 0.25) is 0 Å². The van der Waals surface area contributed by atoms with E-state index in [9.17, 15) is 4.79 Å². The van der Waals surface area contributed by atoms with E-state index < -0.39 is 0 Å². The van der Waals surface area contributed by atoms with Crippen molar-refractivity contribution in [2.75, 3.05) is 20.8 Å². The Morgan fingerprint density at radius 3 is 2.86 bits per heavy atom. The standard InChI is InChI=1S/C15H19N3O3S/c1-20-11-3-4-13(21-2)10(7-11)8-17-15(19)12-9-22-14(18-12)5-6-16/h3-4,7,9H,5-6,8,16H2,1-2H3,(H,17,19). The van der Waals surface area contributed by atoms with Crippen LogP contribution in [0.25, 0.3) is 0 Å². The zero-order valence-electron chi connectivity index (χ0n) is 12.6. The molecule has 0 radical (unpaired) electrons. The van der Waals surface area contributed by atoms with Crippen LogP contribution >= 0.6 is 11.3 Å². The lowest BCUT2D eigenvalue weighted by molar-refractivity contribution is 0.0946. The van der Waals surface area contributed by atoms with Crippen LogP contribution < -0.4 is 20.5 Å². The van der Waals surface area contributed by atoms with E-state index in [1.807, 2.05) is 18.2 Å². The van der Waals surface area contributed by atoms with Crippen LogP contribution in [-0.2, 0) is 13.0 Å². The summed E-state index contributed by atoms with van der Waals surface area (Å²) in [5.74, 6) is 1.19. The minimum atomic E-state index is -0.218. The van der Waals surface area contributed by atoms with Crippen molar-refractivity contribution in [1.82, 2.24) is 10.3 Å². The zero-order chi connectivity index (χ0) is 15.9. The molecule has 118 valence electrons. The number of rotatable bonds is 7. The van der Waals surface area contributed by atoms with Crippen LogP contribution in [-0.4, -0.2) is 31.7 Å². The van der Waals surface area contributed by atoms with E-state index in [2.05, 4.69) is 10.3 Å². The number of ether oxygens (including phenoxy) is 2. The van der Waals surface area contributed by atoms with Gasteiger partial charge in [-0.1, -0.05) is 0 Å². The minimum absolute atomic E-state index is 0.218. The van der Waals surface area contributed by atoms with Gasteiger partial charge in [0.25, 0.3) is 5.91 Å². The van der Waals surface area contributed by atoms with E-state index in [4.69, 9.17) is 15.2 Å². The topological polar surface area (TPSA) is 86.5 Å². The second-order valence-corrected chi connectivity index (χ2v) is 5.47. The van der Waals surface area contributed by atoms with Gasteiger partial charge in [0.15, 0.2) is 0 Å². The van der Waals surface area contributed by atoms with Gasteiger partial charge in [-0.15, -0.1) is 11.3 Å². The maximum atomic E-state index is 12.1. The molecule has 3 N–H and O–H groups in total.